The van der Waals surface area contributed by atoms with Crippen LogP contribution in [-0.2, 0) is 0 Å². The van der Waals surface area contributed by atoms with Gasteiger partial charge in [0.25, 0.3) is 0 Å². The molecule has 0 aliphatic carbocycles. The maximum atomic E-state index is 9.07. The van der Waals surface area contributed by atoms with E-state index in [9.17, 15) is 0 Å². The summed E-state index contributed by atoms with van der Waals surface area (Å²) in [5.41, 5.74) is 0.477. The number of piperidine rings is 1. The summed E-state index contributed by atoms with van der Waals surface area (Å²) >= 11 is 0. The molecule has 2 aliphatic rings. The highest BCUT2D eigenvalue weighted by molar-refractivity contribution is 5.46. The van der Waals surface area contributed by atoms with E-state index in [-0.39, 0.29) is 0 Å². The average molecular weight is 306 g/mol. The summed E-state index contributed by atoms with van der Waals surface area (Å²) in [5, 5.41) is 9.07. The number of nitrogens with zero attached hydrogens (tertiary/aromatic N) is 6. The molecule has 2 unspecified atom stereocenters. The molecule has 6 heteroatoms. The highest BCUT2D eigenvalue weighted by Gasteiger charge is 2.39. The molecule has 23 heavy (non-hydrogen) atoms. The van der Waals surface area contributed by atoms with Gasteiger partial charge < -0.3 is 9.80 Å². The lowest BCUT2D eigenvalue weighted by Gasteiger charge is -2.38. The van der Waals surface area contributed by atoms with E-state index in [1.807, 2.05) is 18.2 Å². The lowest BCUT2D eigenvalue weighted by atomic mass is 9.92. The zero-order chi connectivity index (χ0) is 15.6. The highest BCUT2D eigenvalue weighted by Crippen LogP contribution is 2.35. The van der Waals surface area contributed by atoms with Crippen molar-refractivity contribution < 1.29 is 0 Å². The van der Waals surface area contributed by atoms with Gasteiger partial charge in [-0.2, -0.15) is 5.26 Å². The Bertz CT molecular complexity index is 725. The van der Waals surface area contributed by atoms with Crippen molar-refractivity contribution in [3.05, 3.63) is 42.4 Å². The molecule has 2 aromatic heterocycles. The van der Waals surface area contributed by atoms with Gasteiger partial charge in [0, 0.05) is 32.0 Å². The van der Waals surface area contributed by atoms with Crippen molar-refractivity contribution in [2.24, 2.45) is 5.92 Å². The number of pyridine rings is 1. The number of anilines is 2. The van der Waals surface area contributed by atoms with Crippen LogP contribution in [0, 0.1) is 17.2 Å². The molecule has 0 aromatic carbocycles. The quantitative estimate of drug-likeness (QED) is 0.843. The van der Waals surface area contributed by atoms with Crippen molar-refractivity contribution in [1.29, 1.82) is 5.26 Å². The lowest BCUT2D eigenvalue weighted by Crippen LogP contribution is -2.49. The number of rotatable bonds is 2. The van der Waals surface area contributed by atoms with E-state index in [4.69, 9.17) is 5.26 Å². The molecule has 4 heterocycles. The normalized spacial score (nSPS) is 23.4. The molecule has 0 N–H and O–H groups in total. The van der Waals surface area contributed by atoms with Gasteiger partial charge in [0.15, 0.2) is 0 Å². The van der Waals surface area contributed by atoms with Crippen molar-refractivity contribution in [3.8, 4) is 6.07 Å². The van der Waals surface area contributed by atoms with Gasteiger partial charge >= 0.3 is 0 Å². The van der Waals surface area contributed by atoms with E-state index in [0.717, 1.165) is 37.8 Å². The molecule has 0 spiro atoms. The Balaban J connectivity index is 1.58. The molecular formula is C17H18N6. The van der Waals surface area contributed by atoms with Crippen LogP contribution < -0.4 is 9.80 Å². The summed E-state index contributed by atoms with van der Waals surface area (Å²) < 4.78 is 0. The molecule has 0 radical (unpaired) electrons. The predicted molar refractivity (Wildman–Crippen MR) is 87.1 cm³/mol. The van der Waals surface area contributed by atoms with Crippen molar-refractivity contribution >= 4 is 11.8 Å². The summed E-state index contributed by atoms with van der Waals surface area (Å²) in [6.07, 6.45) is 5.92. The molecule has 0 saturated carbocycles. The molecule has 4 rings (SSSR count). The van der Waals surface area contributed by atoms with Crippen LogP contribution in [-0.4, -0.2) is 40.6 Å². The molecule has 2 aliphatic heterocycles. The van der Waals surface area contributed by atoms with Crippen LogP contribution >= 0.6 is 0 Å². The maximum Gasteiger partial charge on any atom is 0.225 e. The standard InChI is InChI=1S/C17H18N6/c18-11-14-3-1-4-16(21-14)23-10-6-13-5-9-22(12-15(13)23)17-19-7-2-8-20-17/h1-4,7-8,13,15H,5-6,9-10,12H2. The molecular weight excluding hydrogens is 288 g/mol. The third-order valence-corrected chi connectivity index (χ3v) is 4.84. The zero-order valence-corrected chi connectivity index (χ0v) is 12.8. The van der Waals surface area contributed by atoms with Gasteiger partial charge in [-0.25, -0.2) is 15.0 Å². The summed E-state index contributed by atoms with van der Waals surface area (Å²) in [4.78, 5) is 17.8. The molecule has 0 bridgehead atoms. The van der Waals surface area contributed by atoms with Gasteiger partial charge in [0.2, 0.25) is 5.95 Å². The SMILES string of the molecule is N#Cc1cccc(N2CCC3CCN(c4ncccn4)CC32)n1. The Hall–Kier alpha value is -2.68. The van der Waals surface area contributed by atoms with Gasteiger partial charge in [-0.3, -0.25) is 0 Å². The molecule has 6 nitrogen and oxygen atoms in total. The molecule has 2 aromatic rings. The van der Waals surface area contributed by atoms with Crippen molar-refractivity contribution in [3.63, 3.8) is 0 Å². The minimum atomic E-state index is 0.411. The summed E-state index contributed by atoms with van der Waals surface area (Å²) in [6.45, 7) is 2.92. The van der Waals surface area contributed by atoms with Crippen LogP contribution in [0.15, 0.2) is 36.7 Å². The first-order chi connectivity index (χ1) is 11.3. The summed E-state index contributed by atoms with van der Waals surface area (Å²) in [5.74, 6) is 2.39. The van der Waals surface area contributed by atoms with Crippen LogP contribution in [0.1, 0.15) is 18.5 Å². The number of hydrogen-bond donors (Lipinski definition) is 0. The van der Waals surface area contributed by atoms with E-state index in [1.165, 1.54) is 6.42 Å². The van der Waals surface area contributed by atoms with Crippen LogP contribution in [0.25, 0.3) is 0 Å². The molecule has 0 amide bonds. The number of nitriles is 1. The fourth-order valence-corrected chi connectivity index (χ4v) is 3.71. The molecule has 116 valence electrons. The number of hydrogen-bond acceptors (Lipinski definition) is 6. The van der Waals surface area contributed by atoms with Gasteiger partial charge in [0.1, 0.15) is 17.6 Å². The van der Waals surface area contributed by atoms with Crippen LogP contribution in [0.4, 0.5) is 11.8 Å². The van der Waals surface area contributed by atoms with Gasteiger partial charge in [-0.05, 0) is 37.0 Å². The summed E-state index contributed by atoms with van der Waals surface area (Å²) in [6, 6.07) is 10.0. The Morgan fingerprint density at radius 2 is 1.91 bits per heavy atom. The van der Waals surface area contributed by atoms with Gasteiger partial charge in [-0.1, -0.05) is 6.07 Å². The first kappa shape index (κ1) is 13.9. The monoisotopic (exact) mass is 306 g/mol. The largest absolute Gasteiger partial charge is 0.352 e. The van der Waals surface area contributed by atoms with Crippen molar-refractivity contribution in [1.82, 2.24) is 15.0 Å². The Morgan fingerprint density at radius 3 is 2.74 bits per heavy atom. The van der Waals surface area contributed by atoms with E-state index in [0.29, 0.717) is 17.7 Å². The zero-order valence-electron chi connectivity index (χ0n) is 12.8. The molecule has 2 saturated heterocycles. The second kappa shape index (κ2) is 5.84. The van der Waals surface area contributed by atoms with E-state index in [2.05, 4.69) is 30.8 Å². The second-order valence-corrected chi connectivity index (χ2v) is 6.09. The first-order valence-electron chi connectivity index (χ1n) is 8.01. The third kappa shape index (κ3) is 2.59. The Kier molecular flexibility index (Phi) is 3.54. The van der Waals surface area contributed by atoms with E-state index < -0.39 is 0 Å². The average Bonchev–Trinajstić information content (AvgIpc) is 3.05. The van der Waals surface area contributed by atoms with Gasteiger partial charge in [0.05, 0.1) is 6.04 Å². The minimum Gasteiger partial charge on any atom is -0.352 e. The van der Waals surface area contributed by atoms with Crippen molar-refractivity contribution in [2.45, 2.75) is 18.9 Å². The summed E-state index contributed by atoms with van der Waals surface area (Å²) in [7, 11) is 0. The van der Waals surface area contributed by atoms with Crippen molar-refractivity contribution in [2.75, 3.05) is 29.4 Å². The van der Waals surface area contributed by atoms with Gasteiger partial charge in [-0.15, -0.1) is 0 Å². The first-order valence-corrected chi connectivity index (χ1v) is 8.01. The van der Waals surface area contributed by atoms with E-state index in [1.54, 1.807) is 18.5 Å². The van der Waals surface area contributed by atoms with Crippen LogP contribution in [0.2, 0.25) is 0 Å². The van der Waals surface area contributed by atoms with E-state index >= 15 is 0 Å². The lowest BCUT2D eigenvalue weighted by molar-refractivity contribution is 0.387. The number of aromatic nitrogens is 3. The fourth-order valence-electron chi connectivity index (χ4n) is 3.71. The minimum absolute atomic E-state index is 0.411. The van der Waals surface area contributed by atoms with Crippen LogP contribution in [0.3, 0.4) is 0 Å². The Morgan fingerprint density at radius 1 is 1.09 bits per heavy atom. The highest BCUT2D eigenvalue weighted by atomic mass is 15.3. The molecule has 2 fully saturated rings. The fraction of sp³-hybridized carbons (Fsp3) is 0.412. The Labute approximate surface area is 135 Å². The number of fused-ring (bicyclic) bond motifs is 1. The topological polar surface area (TPSA) is 68.9 Å². The maximum absolute atomic E-state index is 9.07. The predicted octanol–water partition coefficient (Wildman–Crippen LogP) is 1.85. The van der Waals surface area contributed by atoms with Crippen LogP contribution in [0.5, 0.6) is 0 Å². The smallest absolute Gasteiger partial charge is 0.225 e. The molecule has 2 atom stereocenters. The second-order valence-electron chi connectivity index (χ2n) is 6.09. The third-order valence-electron chi connectivity index (χ3n) is 4.84.